The Labute approximate surface area is 125 Å². The van der Waals surface area contributed by atoms with Crippen molar-refractivity contribution < 1.29 is 5.11 Å². The lowest BCUT2D eigenvalue weighted by Gasteiger charge is -2.35. The topological polar surface area (TPSA) is 32.3 Å². The number of hydrogen-bond donors (Lipinski definition) is 2. The number of benzene rings is 1. The summed E-state index contributed by atoms with van der Waals surface area (Å²) in [5.41, 5.74) is 0.332. The molecule has 1 fully saturated rings. The van der Waals surface area contributed by atoms with Gasteiger partial charge >= 0.3 is 0 Å². The smallest absolute Gasteiger partial charge is 0.0771 e. The number of hydrogen-bond acceptors (Lipinski definition) is 2. The summed E-state index contributed by atoms with van der Waals surface area (Å²) in [6.07, 6.45) is 3.95. The fraction of sp³-hybridized carbons (Fsp3) is 0.600. The van der Waals surface area contributed by atoms with Crippen LogP contribution in [0.15, 0.2) is 18.2 Å². The number of nitrogens with one attached hydrogen (secondary N) is 1. The molecule has 0 unspecified atom stereocenters. The van der Waals surface area contributed by atoms with Crippen molar-refractivity contribution in [3.05, 3.63) is 33.8 Å². The molecule has 0 bridgehead atoms. The average Bonchev–Trinajstić information content (AvgIpc) is 2.37. The average molecular weight is 302 g/mol. The molecule has 1 saturated carbocycles. The Hall–Kier alpha value is -0.280. The molecule has 1 aromatic carbocycles. The van der Waals surface area contributed by atoms with Gasteiger partial charge in [-0.2, -0.15) is 0 Å². The molecular weight excluding hydrogens is 281 g/mol. The number of aliphatic hydroxyl groups is 1. The lowest BCUT2D eigenvalue weighted by Crippen LogP contribution is -2.43. The molecular formula is C15H21Cl2NO. The normalized spacial score (nSPS) is 27.5. The molecule has 1 aromatic rings. The molecule has 4 heteroatoms. The van der Waals surface area contributed by atoms with E-state index < -0.39 is 5.60 Å². The van der Waals surface area contributed by atoms with E-state index in [1.165, 1.54) is 0 Å². The molecule has 0 heterocycles. The minimum absolute atomic E-state index is 0.569. The summed E-state index contributed by atoms with van der Waals surface area (Å²) in [5.74, 6) is 0.735. The highest BCUT2D eigenvalue weighted by Gasteiger charge is 2.31. The van der Waals surface area contributed by atoms with Gasteiger partial charge in [-0.05, 0) is 43.7 Å². The molecule has 106 valence electrons. The minimum Gasteiger partial charge on any atom is -0.389 e. The summed E-state index contributed by atoms with van der Waals surface area (Å²) in [7, 11) is 0. The summed E-state index contributed by atoms with van der Waals surface area (Å²) < 4.78 is 0. The van der Waals surface area contributed by atoms with E-state index in [-0.39, 0.29) is 0 Å². The summed E-state index contributed by atoms with van der Waals surface area (Å²) in [4.78, 5) is 0. The molecule has 0 radical (unpaired) electrons. The van der Waals surface area contributed by atoms with E-state index in [4.69, 9.17) is 23.2 Å². The summed E-state index contributed by atoms with van der Waals surface area (Å²) in [6.45, 7) is 3.44. The van der Waals surface area contributed by atoms with Crippen LogP contribution >= 0.6 is 23.2 Å². The van der Waals surface area contributed by atoms with Gasteiger partial charge in [-0.1, -0.05) is 36.2 Å². The van der Waals surface area contributed by atoms with E-state index in [1.54, 1.807) is 0 Å². The number of rotatable bonds is 4. The van der Waals surface area contributed by atoms with Crippen LogP contribution < -0.4 is 5.32 Å². The third-order valence-electron chi connectivity index (χ3n) is 4.02. The fourth-order valence-electron chi connectivity index (χ4n) is 2.60. The van der Waals surface area contributed by atoms with E-state index in [0.29, 0.717) is 23.1 Å². The largest absolute Gasteiger partial charge is 0.389 e. The van der Waals surface area contributed by atoms with E-state index in [1.807, 2.05) is 18.2 Å². The zero-order valence-corrected chi connectivity index (χ0v) is 12.8. The summed E-state index contributed by atoms with van der Waals surface area (Å²) in [5, 5.41) is 15.1. The first-order valence-electron chi connectivity index (χ1n) is 6.86. The Bertz CT molecular complexity index is 408. The van der Waals surface area contributed by atoms with Crippen molar-refractivity contribution in [3.8, 4) is 0 Å². The maximum absolute atomic E-state index is 10.5. The van der Waals surface area contributed by atoms with E-state index in [9.17, 15) is 5.11 Å². The molecule has 0 spiro atoms. The summed E-state index contributed by atoms with van der Waals surface area (Å²) >= 11 is 12.2. The van der Waals surface area contributed by atoms with Gasteiger partial charge < -0.3 is 10.4 Å². The monoisotopic (exact) mass is 301 g/mol. The molecule has 0 saturated heterocycles. The van der Waals surface area contributed by atoms with Crippen LogP contribution in [0.25, 0.3) is 0 Å². The molecule has 2 rings (SSSR count). The first-order chi connectivity index (χ1) is 9.00. The van der Waals surface area contributed by atoms with Crippen molar-refractivity contribution in [1.29, 1.82) is 0 Å². The van der Waals surface area contributed by atoms with Gasteiger partial charge in [0.2, 0.25) is 0 Å². The van der Waals surface area contributed by atoms with Crippen molar-refractivity contribution in [1.82, 2.24) is 5.32 Å². The van der Waals surface area contributed by atoms with Crippen LogP contribution in [0, 0.1) is 5.92 Å². The molecule has 2 N–H and O–H groups in total. The first kappa shape index (κ1) is 15.1. The van der Waals surface area contributed by atoms with Crippen molar-refractivity contribution in [2.75, 3.05) is 6.54 Å². The van der Waals surface area contributed by atoms with Crippen LogP contribution in [-0.4, -0.2) is 17.3 Å². The highest BCUT2D eigenvalue weighted by Crippen LogP contribution is 2.31. The third kappa shape index (κ3) is 4.09. The molecule has 0 atom stereocenters. The van der Waals surface area contributed by atoms with Gasteiger partial charge in [0.15, 0.2) is 0 Å². The second-order valence-corrected chi connectivity index (χ2v) is 6.53. The second-order valence-electron chi connectivity index (χ2n) is 5.71. The van der Waals surface area contributed by atoms with Gasteiger partial charge in [-0.3, -0.25) is 0 Å². The van der Waals surface area contributed by atoms with Crippen molar-refractivity contribution in [2.45, 2.75) is 44.8 Å². The maximum atomic E-state index is 10.5. The lowest BCUT2D eigenvalue weighted by atomic mass is 9.79. The van der Waals surface area contributed by atoms with Crippen LogP contribution in [0.5, 0.6) is 0 Å². The minimum atomic E-state index is -0.569. The highest BCUT2D eigenvalue weighted by molar-refractivity contribution is 6.35. The Balaban J connectivity index is 1.86. The zero-order chi connectivity index (χ0) is 13.9. The zero-order valence-electron chi connectivity index (χ0n) is 11.3. The van der Waals surface area contributed by atoms with E-state index in [2.05, 4.69) is 12.2 Å². The molecule has 0 aliphatic heterocycles. The Kier molecular flexibility index (Phi) is 5.13. The van der Waals surface area contributed by atoms with Crippen molar-refractivity contribution >= 4 is 23.2 Å². The van der Waals surface area contributed by atoms with E-state index in [0.717, 1.165) is 37.2 Å². The van der Waals surface area contributed by atoms with Crippen LogP contribution in [0.2, 0.25) is 10.0 Å². The molecule has 0 aromatic heterocycles. The van der Waals surface area contributed by atoms with Crippen LogP contribution in [0.4, 0.5) is 0 Å². The second kappa shape index (κ2) is 6.45. The van der Waals surface area contributed by atoms with Gasteiger partial charge in [0.1, 0.15) is 0 Å². The molecule has 1 aliphatic carbocycles. The standard InChI is InChI=1S/C15H21Cl2NO/c1-11-5-7-15(19,8-6-11)10-18-9-12-13(16)3-2-4-14(12)17/h2-4,11,18-19H,5-10H2,1H3. The summed E-state index contributed by atoms with van der Waals surface area (Å²) in [6, 6.07) is 5.51. The van der Waals surface area contributed by atoms with Crippen LogP contribution in [0.3, 0.4) is 0 Å². The van der Waals surface area contributed by atoms with Crippen LogP contribution in [0.1, 0.15) is 38.2 Å². The quantitative estimate of drug-likeness (QED) is 0.880. The van der Waals surface area contributed by atoms with Gasteiger partial charge in [0.05, 0.1) is 5.60 Å². The van der Waals surface area contributed by atoms with Gasteiger partial charge in [0, 0.05) is 28.7 Å². The van der Waals surface area contributed by atoms with Gasteiger partial charge in [-0.25, -0.2) is 0 Å². The molecule has 0 amide bonds. The van der Waals surface area contributed by atoms with Crippen LogP contribution in [-0.2, 0) is 6.54 Å². The molecule has 1 aliphatic rings. The Morgan fingerprint density at radius 3 is 2.42 bits per heavy atom. The molecule has 19 heavy (non-hydrogen) atoms. The predicted octanol–water partition coefficient (Wildman–Crippen LogP) is 4.02. The SMILES string of the molecule is CC1CCC(O)(CNCc2c(Cl)cccc2Cl)CC1. The maximum Gasteiger partial charge on any atom is 0.0771 e. The van der Waals surface area contributed by atoms with Crippen molar-refractivity contribution in [2.24, 2.45) is 5.92 Å². The third-order valence-corrected chi connectivity index (χ3v) is 4.73. The van der Waals surface area contributed by atoms with Gasteiger partial charge in [-0.15, -0.1) is 0 Å². The Morgan fingerprint density at radius 2 is 1.84 bits per heavy atom. The highest BCUT2D eigenvalue weighted by atomic mass is 35.5. The molecule has 2 nitrogen and oxygen atoms in total. The van der Waals surface area contributed by atoms with Gasteiger partial charge in [0.25, 0.3) is 0 Å². The first-order valence-corrected chi connectivity index (χ1v) is 7.62. The fourth-order valence-corrected chi connectivity index (χ4v) is 3.13. The van der Waals surface area contributed by atoms with Crippen molar-refractivity contribution in [3.63, 3.8) is 0 Å². The predicted molar refractivity (Wildman–Crippen MR) is 80.8 cm³/mol. The Morgan fingerprint density at radius 1 is 1.26 bits per heavy atom. The van der Waals surface area contributed by atoms with E-state index >= 15 is 0 Å². The number of halogens is 2. The lowest BCUT2D eigenvalue weighted by molar-refractivity contribution is -0.00630.